The average Bonchev–Trinajstić information content (AvgIpc) is 3.00. The van der Waals surface area contributed by atoms with E-state index in [1.807, 2.05) is 45.9 Å². The Hall–Kier alpha value is -3.15. The van der Waals surface area contributed by atoms with Crippen LogP contribution in [-0.4, -0.2) is 53.5 Å². The van der Waals surface area contributed by atoms with E-state index >= 15 is 0 Å². The molecule has 1 atom stereocenters. The number of benzene rings is 1. The lowest BCUT2D eigenvalue weighted by Gasteiger charge is -2.22. The third-order valence-corrected chi connectivity index (χ3v) is 7.88. The molecule has 204 valence electrons. The van der Waals surface area contributed by atoms with Gasteiger partial charge in [0.25, 0.3) is 0 Å². The molecule has 1 unspecified atom stereocenters. The number of hydrogen-bond donors (Lipinski definition) is 3. The number of fused-ring (bicyclic) bond motifs is 1. The van der Waals surface area contributed by atoms with Crippen LogP contribution in [0.25, 0.3) is 0 Å². The molecule has 1 aromatic carbocycles. The first-order valence-electron chi connectivity index (χ1n) is 12.5. The largest absolute Gasteiger partial charge is 0.481 e. The lowest BCUT2D eigenvalue weighted by atomic mass is 9.88. The summed E-state index contributed by atoms with van der Waals surface area (Å²) >= 11 is 0. The summed E-state index contributed by atoms with van der Waals surface area (Å²) in [5.74, 6) is 4.68. The van der Waals surface area contributed by atoms with Gasteiger partial charge >= 0.3 is 5.97 Å². The molecule has 10 nitrogen and oxygen atoms in total. The van der Waals surface area contributed by atoms with Crippen molar-refractivity contribution in [2.75, 3.05) is 19.7 Å². The predicted molar refractivity (Wildman–Crippen MR) is 143 cm³/mol. The zero-order valence-corrected chi connectivity index (χ0v) is 22.9. The topological polar surface area (TPSA) is 152 Å². The van der Waals surface area contributed by atoms with Gasteiger partial charge in [0.15, 0.2) is 0 Å². The minimum atomic E-state index is -3.81. The van der Waals surface area contributed by atoms with E-state index in [-0.39, 0.29) is 42.8 Å². The number of aliphatic carboxylic acids is 1. The van der Waals surface area contributed by atoms with Crippen molar-refractivity contribution in [1.29, 1.82) is 0 Å². The van der Waals surface area contributed by atoms with Gasteiger partial charge in [0.05, 0.1) is 6.42 Å². The third kappa shape index (κ3) is 8.17. The number of hydrazine groups is 1. The van der Waals surface area contributed by atoms with E-state index in [0.717, 1.165) is 16.7 Å². The highest BCUT2D eigenvalue weighted by atomic mass is 32.2. The zero-order valence-electron chi connectivity index (χ0n) is 22.1. The van der Waals surface area contributed by atoms with Crippen molar-refractivity contribution >= 4 is 16.0 Å². The van der Waals surface area contributed by atoms with Crippen LogP contribution in [0.5, 0.6) is 5.88 Å². The van der Waals surface area contributed by atoms with Gasteiger partial charge in [-0.3, -0.25) is 4.79 Å². The van der Waals surface area contributed by atoms with Gasteiger partial charge in [-0.1, -0.05) is 32.0 Å². The Morgan fingerprint density at radius 2 is 2.05 bits per heavy atom. The van der Waals surface area contributed by atoms with Crippen molar-refractivity contribution in [1.82, 2.24) is 14.3 Å². The highest BCUT2D eigenvalue weighted by Crippen LogP contribution is 2.31. The van der Waals surface area contributed by atoms with E-state index in [4.69, 9.17) is 16.3 Å². The Kier molecular flexibility index (Phi) is 11.4. The Bertz CT molecular complexity index is 1190. The monoisotopic (exact) mass is 533 g/mol. The minimum absolute atomic E-state index is 0.0401. The van der Waals surface area contributed by atoms with Crippen molar-refractivity contribution in [3.8, 4) is 5.88 Å². The van der Waals surface area contributed by atoms with Crippen LogP contribution in [-0.2, 0) is 21.4 Å². The number of nitrogens with zero attached hydrogens (tertiary/aromatic N) is 3. The van der Waals surface area contributed by atoms with Crippen LogP contribution in [0.2, 0.25) is 0 Å². The second-order valence-corrected chi connectivity index (χ2v) is 10.5. The Morgan fingerprint density at radius 3 is 2.73 bits per heavy atom. The summed E-state index contributed by atoms with van der Waals surface area (Å²) in [7, 11) is -3.81. The third-order valence-electron chi connectivity index (χ3n) is 6.02. The molecule has 3 rings (SSSR count). The summed E-state index contributed by atoms with van der Waals surface area (Å²) in [5, 5.41) is 11.0. The van der Waals surface area contributed by atoms with Crippen molar-refractivity contribution < 1.29 is 23.1 Å². The van der Waals surface area contributed by atoms with Crippen LogP contribution in [0, 0.1) is 6.92 Å². The number of aromatic nitrogens is 1. The first-order chi connectivity index (χ1) is 17.6. The van der Waals surface area contributed by atoms with Gasteiger partial charge in [-0.05, 0) is 61.4 Å². The molecule has 37 heavy (non-hydrogen) atoms. The molecule has 1 aliphatic rings. The lowest BCUT2D eigenvalue weighted by Crippen LogP contribution is -2.32. The van der Waals surface area contributed by atoms with E-state index in [0.29, 0.717) is 25.1 Å². The number of ether oxygens (including phenoxy) is 1. The van der Waals surface area contributed by atoms with Gasteiger partial charge in [0, 0.05) is 37.7 Å². The van der Waals surface area contributed by atoms with Crippen LogP contribution >= 0.6 is 0 Å². The van der Waals surface area contributed by atoms with Gasteiger partial charge in [-0.25, -0.2) is 19.2 Å². The molecule has 0 saturated carbocycles. The van der Waals surface area contributed by atoms with E-state index < -0.39 is 16.0 Å². The number of allylic oxidation sites excluding steroid dienone is 1. The molecule has 0 radical (unpaired) electrons. The first-order valence-corrected chi connectivity index (χ1v) is 13.9. The molecule has 0 spiro atoms. The SMILES string of the molecule is CC.CCN(N)/C=C(\N)CCC(CC(=O)O)c1ccc(C)c(CN2CCOc3ncccc3S2(=O)=O)c1. The molecule has 0 amide bonds. The molecule has 1 aromatic heterocycles. The number of rotatable bonds is 10. The van der Waals surface area contributed by atoms with E-state index in [2.05, 4.69) is 4.98 Å². The molecule has 1 aliphatic heterocycles. The van der Waals surface area contributed by atoms with Crippen LogP contribution < -0.4 is 16.3 Å². The normalized spacial score (nSPS) is 15.9. The highest BCUT2D eigenvalue weighted by molar-refractivity contribution is 7.89. The summed E-state index contributed by atoms with van der Waals surface area (Å²) in [5.41, 5.74) is 9.18. The Morgan fingerprint density at radius 1 is 1.32 bits per heavy atom. The van der Waals surface area contributed by atoms with Gasteiger partial charge in [-0.15, -0.1) is 0 Å². The van der Waals surface area contributed by atoms with Crippen molar-refractivity contribution in [2.45, 2.75) is 64.3 Å². The summed E-state index contributed by atoms with van der Waals surface area (Å²) in [4.78, 5) is 15.7. The second kappa shape index (κ2) is 14.0. The summed E-state index contributed by atoms with van der Waals surface area (Å²) in [6, 6.07) is 8.74. The molecule has 2 heterocycles. The maximum absolute atomic E-state index is 13.3. The number of carboxylic acids is 1. The molecule has 0 fully saturated rings. The maximum Gasteiger partial charge on any atom is 0.303 e. The molecule has 0 aliphatic carbocycles. The molecular formula is C26H39N5O5S. The van der Waals surface area contributed by atoms with Gasteiger partial charge < -0.3 is 20.6 Å². The molecule has 0 bridgehead atoms. The van der Waals surface area contributed by atoms with Gasteiger partial charge in [0.2, 0.25) is 15.9 Å². The fourth-order valence-corrected chi connectivity index (χ4v) is 5.45. The molecule has 11 heteroatoms. The number of carboxylic acid groups (broad SMARTS) is 1. The standard InChI is InChI=1S/C24H33N5O5S.C2H6/c1-3-28(26)16-21(25)9-8-19(14-23(30)31)18-7-6-17(2)20(13-18)15-29-11-12-34-24-22(35(29,32)33)5-4-10-27-24;1-2/h4-7,10,13,16,19H,3,8-9,11-12,14-15,25-26H2,1-2H3,(H,30,31);1-2H3/b21-16-;. The maximum atomic E-state index is 13.3. The summed E-state index contributed by atoms with van der Waals surface area (Å²) in [6.07, 6.45) is 4.08. The Labute approximate surface area is 219 Å². The number of aryl methyl sites for hydroxylation is 1. The van der Waals surface area contributed by atoms with Crippen LogP contribution in [0.15, 0.2) is 53.3 Å². The van der Waals surface area contributed by atoms with Gasteiger partial charge in [-0.2, -0.15) is 4.31 Å². The summed E-state index contributed by atoms with van der Waals surface area (Å²) < 4.78 is 33.5. The second-order valence-electron chi connectivity index (χ2n) is 8.55. The average molecular weight is 534 g/mol. The van der Waals surface area contributed by atoms with Crippen molar-refractivity contribution in [2.24, 2.45) is 11.6 Å². The van der Waals surface area contributed by atoms with E-state index in [1.54, 1.807) is 12.3 Å². The number of pyridine rings is 1. The summed E-state index contributed by atoms with van der Waals surface area (Å²) in [6.45, 7) is 8.91. The first kappa shape index (κ1) is 30.1. The van der Waals surface area contributed by atoms with Crippen molar-refractivity contribution in [3.63, 3.8) is 0 Å². The molecule has 5 N–H and O–H groups in total. The van der Waals surface area contributed by atoms with Gasteiger partial charge in [0.1, 0.15) is 11.5 Å². The number of sulfonamides is 1. The van der Waals surface area contributed by atoms with Crippen LogP contribution in [0.4, 0.5) is 0 Å². The fourth-order valence-electron chi connectivity index (χ4n) is 3.96. The van der Waals surface area contributed by atoms with E-state index in [1.165, 1.54) is 21.6 Å². The van der Waals surface area contributed by atoms with Crippen LogP contribution in [0.1, 0.15) is 62.6 Å². The quantitative estimate of drug-likeness (QED) is 0.308. The number of carbonyl (C=O) groups is 1. The molecule has 0 saturated heterocycles. The Balaban J connectivity index is 0.00000235. The molecule has 2 aromatic rings. The smallest absolute Gasteiger partial charge is 0.303 e. The molecular weight excluding hydrogens is 494 g/mol. The minimum Gasteiger partial charge on any atom is -0.481 e. The van der Waals surface area contributed by atoms with E-state index in [9.17, 15) is 18.3 Å². The number of hydrogen-bond acceptors (Lipinski definition) is 8. The van der Waals surface area contributed by atoms with Crippen LogP contribution in [0.3, 0.4) is 0 Å². The zero-order chi connectivity index (χ0) is 27.6. The fraction of sp³-hybridized carbons (Fsp3) is 0.462. The lowest BCUT2D eigenvalue weighted by molar-refractivity contribution is -0.137. The highest BCUT2D eigenvalue weighted by Gasteiger charge is 2.32. The van der Waals surface area contributed by atoms with Crippen molar-refractivity contribution in [3.05, 3.63) is 65.1 Å². The number of nitrogens with two attached hydrogens (primary N) is 2. The predicted octanol–water partition coefficient (Wildman–Crippen LogP) is 3.33.